The van der Waals surface area contributed by atoms with E-state index in [4.69, 9.17) is 0 Å². The Morgan fingerprint density at radius 3 is 2.55 bits per heavy atom. The molecule has 1 saturated carbocycles. The van der Waals surface area contributed by atoms with Gasteiger partial charge in [-0.1, -0.05) is 19.9 Å². The molecule has 1 aromatic heterocycles. The van der Waals surface area contributed by atoms with Crippen LogP contribution in [-0.4, -0.2) is 23.3 Å². The van der Waals surface area contributed by atoms with Gasteiger partial charge in [-0.05, 0) is 30.4 Å². The number of carbonyl (C=O) groups is 2. The maximum absolute atomic E-state index is 12.2. The molecule has 2 N–H and O–H groups in total. The molecule has 1 aliphatic rings. The summed E-state index contributed by atoms with van der Waals surface area (Å²) in [6, 6.07) is 3.72. The second kappa shape index (κ2) is 6.03. The van der Waals surface area contributed by atoms with Crippen LogP contribution < -0.4 is 10.6 Å². The van der Waals surface area contributed by atoms with Crippen LogP contribution in [0.5, 0.6) is 0 Å². The fraction of sp³-hybridized carbons (Fsp3) is 0.533. The quantitative estimate of drug-likeness (QED) is 0.768. The highest BCUT2D eigenvalue weighted by Gasteiger charge is 2.56. The zero-order chi connectivity index (χ0) is 14.6. The maximum atomic E-state index is 12.2. The van der Waals surface area contributed by atoms with Gasteiger partial charge in [0.2, 0.25) is 11.8 Å². The van der Waals surface area contributed by atoms with Gasteiger partial charge in [0.1, 0.15) is 5.41 Å². The van der Waals surface area contributed by atoms with Gasteiger partial charge in [0.05, 0.1) is 0 Å². The van der Waals surface area contributed by atoms with Gasteiger partial charge >= 0.3 is 0 Å². The van der Waals surface area contributed by atoms with E-state index in [0.29, 0.717) is 31.8 Å². The summed E-state index contributed by atoms with van der Waals surface area (Å²) in [5.74, 6) is 0.0608. The van der Waals surface area contributed by atoms with Crippen molar-refractivity contribution in [3.63, 3.8) is 0 Å². The Hall–Kier alpha value is -1.91. The minimum Gasteiger partial charge on any atom is -0.355 e. The Kier molecular flexibility index (Phi) is 4.37. The van der Waals surface area contributed by atoms with Crippen LogP contribution in [0.25, 0.3) is 0 Å². The SMILES string of the molecule is CC(C)CNC(=O)C1(C(=O)NCc2cccnc2)CC1. The number of pyridine rings is 1. The molecular formula is C15H21N3O2. The van der Waals surface area contributed by atoms with Crippen molar-refractivity contribution < 1.29 is 9.59 Å². The lowest BCUT2D eigenvalue weighted by atomic mass is 10.0. The highest BCUT2D eigenvalue weighted by molar-refractivity contribution is 6.07. The summed E-state index contributed by atoms with van der Waals surface area (Å²) in [6.45, 7) is 5.08. The first-order chi connectivity index (χ1) is 9.54. The molecule has 0 atom stereocenters. The molecular weight excluding hydrogens is 254 g/mol. The predicted octanol–water partition coefficient (Wildman–Crippen LogP) is 1.25. The van der Waals surface area contributed by atoms with Gasteiger partial charge in [0, 0.05) is 25.5 Å². The van der Waals surface area contributed by atoms with Crippen molar-refractivity contribution in [1.29, 1.82) is 0 Å². The summed E-state index contributed by atoms with van der Waals surface area (Å²) in [7, 11) is 0. The Morgan fingerprint density at radius 1 is 1.30 bits per heavy atom. The molecule has 0 aromatic carbocycles. The number of rotatable bonds is 6. The molecule has 0 bridgehead atoms. The maximum Gasteiger partial charge on any atom is 0.235 e. The van der Waals surface area contributed by atoms with Crippen LogP contribution in [0.3, 0.4) is 0 Å². The van der Waals surface area contributed by atoms with Gasteiger partial charge in [-0.25, -0.2) is 0 Å². The van der Waals surface area contributed by atoms with Gasteiger partial charge in [0.15, 0.2) is 0 Å². The van der Waals surface area contributed by atoms with Crippen LogP contribution in [0.1, 0.15) is 32.3 Å². The number of nitrogens with zero attached hydrogens (tertiary/aromatic N) is 1. The van der Waals surface area contributed by atoms with E-state index in [1.807, 2.05) is 26.0 Å². The lowest BCUT2D eigenvalue weighted by Gasteiger charge is -2.16. The molecule has 5 nitrogen and oxygen atoms in total. The molecule has 1 aromatic rings. The summed E-state index contributed by atoms with van der Waals surface area (Å²) in [5, 5.41) is 5.68. The van der Waals surface area contributed by atoms with Crippen molar-refractivity contribution in [2.45, 2.75) is 33.2 Å². The zero-order valence-electron chi connectivity index (χ0n) is 12.0. The fourth-order valence-electron chi connectivity index (χ4n) is 2.00. The first-order valence-electron chi connectivity index (χ1n) is 7.00. The normalized spacial score (nSPS) is 15.8. The van der Waals surface area contributed by atoms with E-state index in [2.05, 4.69) is 15.6 Å². The second-order valence-corrected chi connectivity index (χ2v) is 5.73. The molecule has 0 spiro atoms. The van der Waals surface area contributed by atoms with Crippen LogP contribution >= 0.6 is 0 Å². The molecule has 0 radical (unpaired) electrons. The van der Waals surface area contributed by atoms with Crippen molar-refractivity contribution in [3.8, 4) is 0 Å². The van der Waals surface area contributed by atoms with Crippen LogP contribution in [0, 0.1) is 11.3 Å². The average Bonchev–Trinajstić information content (AvgIpc) is 3.25. The lowest BCUT2D eigenvalue weighted by Crippen LogP contribution is -2.43. The minimum atomic E-state index is -0.836. The van der Waals surface area contributed by atoms with Crippen molar-refractivity contribution in [2.75, 3.05) is 6.54 Å². The first-order valence-corrected chi connectivity index (χ1v) is 7.00. The summed E-state index contributed by atoms with van der Waals surface area (Å²) in [6.07, 6.45) is 4.66. The van der Waals surface area contributed by atoms with Gasteiger partial charge < -0.3 is 10.6 Å². The highest BCUT2D eigenvalue weighted by atomic mass is 16.2. The topological polar surface area (TPSA) is 71.1 Å². The Morgan fingerprint density at radius 2 is 2.00 bits per heavy atom. The molecule has 108 valence electrons. The molecule has 0 saturated heterocycles. The number of aromatic nitrogens is 1. The van der Waals surface area contributed by atoms with Crippen molar-refractivity contribution in [3.05, 3.63) is 30.1 Å². The highest BCUT2D eigenvalue weighted by Crippen LogP contribution is 2.46. The third-order valence-corrected chi connectivity index (χ3v) is 3.47. The van der Waals surface area contributed by atoms with Crippen molar-refractivity contribution in [1.82, 2.24) is 15.6 Å². The van der Waals surface area contributed by atoms with E-state index in [0.717, 1.165) is 5.56 Å². The molecule has 2 amide bonds. The third-order valence-electron chi connectivity index (χ3n) is 3.47. The van der Waals surface area contributed by atoms with Crippen molar-refractivity contribution >= 4 is 11.8 Å². The van der Waals surface area contributed by atoms with Gasteiger partial charge in [0.25, 0.3) is 0 Å². The lowest BCUT2D eigenvalue weighted by molar-refractivity contribution is -0.137. The average molecular weight is 275 g/mol. The van der Waals surface area contributed by atoms with E-state index in [1.165, 1.54) is 0 Å². The zero-order valence-corrected chi connectivity index (χ0v) is 12.0. The third kappa shape index (κ3) is 3.35. The van der Waals surface area contributed by atoms with E-state index < -0.39 is 5.41 Å². The minimum absolute atomic E-state index is 0.144. The second-order valence-electron chi connectivity index (χ2n) is 5.73. The van der Waals surface area contributed by atoms with Crippen LogP contribution in [0.4, 0.5) is 0 Å². The Labute approximate surface area is 119 Å². The summed E-state index contributed by atoms with van der Waals surface area (Å²) in [4.78, 5) is 28.3. The number of amides is 2. The number of carbonyl (C=O) groups excluding carboxylic acids is 2. The molecule has 5 heteroatoms. The Balaban J connectivity index is 1.87. The number of hydrogen-bond acceptors (Lipinski definition) is 3. The van der Waals surface area contributed by atoms with E-state index in [1.54, 1.807) is 12.4 Å². The first kappa shape index (κ1) is 14.5. The molecule has 1 fully saturated rings. The summed E-state index contributed by atoms with van der Waals surface area (Å²) < 4.78 is 0. The van der Waals surface area contributed by atoms with Gasteiger partial charge in [-0.2, -0.15) is 0 Å². The molecule has 0 aliphatic heterocycles. The van der Waals surface area contributed by atoms with Gasteiger partial charge in [-0.15, -0.1) is 0 Å². The van der Waals surface area contributed by atoms with E-state index in [9.17, 15) is 9.59 Å². The number of nitrogens with one attached hydrogen (secondary N) is 2. The largest absolute Gasteiger partial charge is 0.355 e. The number of hydrogen-bond donors (Lipinski definition) is 2. The smallest absolute Gasteiger partial charge is 0.235 e. The van der Waals surface area contributed by atoms with E-state index >= 15 is 0 Å². The summed E-state index contributed by atoms with van der Waals surface area (Å²) in [5.41, 5.74) is 0.0936. The van der Waals surface area contributed by atoms with Gasteiger partial charge in [-0.3, -0.25) is 14.6 Å². The van der Waals surface area contributed by atoms with Crippen LogP contribution in [0.2, 0.25) is 0 Å². The predicted molar refractivity (Wildman–Crippen MR) is 75.6 cm³/mol. The summed E-state index contributed by atoms with van der Waals surface area (Å²) >= 11 is 0. The Bertz CT molecular complexity index is 481. The molecule has 1 aliphatic carbocycles. The fourth-order valence-corrected chi connectivity index (χ4v) is 2.00. The molecule has 20 heavy (non-hydrogen) atoms. The standard InChI is InChI=1S/C15H21N3O2/c1-11(2)8-17-13(19)15(5-6-15)14(20)18-10-12-4-3-7-16-9-12/h3-4,7,9,11H,5-6,8,10H2,1-2H3,(H,17,19)(H,18,20). The van der Waals surface area contributed by atoms with Crippen LogP contribution in [-0.2, 0) is 16.1 Å². The molecule has 0 unspecified atom stereocenters. The molecule has 2 rings (SSSR count). The molecule has 1 heterocycles. The van der Waals surface area contributed by atoms with E-state index in [-0.39, 0.29) is 11.8 Å². The monoisotopic (exact) mass is 275 g/mol. The van der Waals surface area contributed by atoms with Crippen LogP contribution in [0.15, 0.2) is 24.5 Å². The van der Waals surface area contributed by atoms with Crippen molar-refractivity contribution in [2.24, 2.45) is 11.3 Å².